The number of aliphatic hydroxyl groups excluding tert-OH is 1. The zero-order valence-corrected chi connectivity index (χ0v) is 18.3. The molecule has 0 bridgehead atoms. The average Bonchev–Trinajstić information content (AvgIpc) is 2.73. The molecule has 1 heterocycles. The van der Waals surface area contributed by atoms with E-state index in [9.17, 15) is 31.1 Å². The first-order chi connectivity index (χ1) is 15.0. The summed E-state index contributed by atoms with van der Waals surface area (Å²) in [7, 11) is -4.15. The highest BCUT2D eigenvalue weighted by atomic mass is 35.5. The van der Waals surface area contributed by atoms with Crippen LogP contribution < -0.4 is 4.74 Å². The van der Waals surface area contributed by atoms with Gasteiger partial charge in [0.05, 0.1) is 15.5 Å². The van der Waals surface area contributed by atoms with E-state index in [1.54, 1.807) is 11.0 Å². The lowest BCUT2D eigenvalue weighted by atomic mass is 10.2. The number of aliphatic hydroxyl groups is 1. The van der Waals surface area contributed by atoms with Gasteiger partial charge in [-0.2, -0.15) is 17.5 Å². The second kappa shape index (κ2) is 9.92. The highest BCUT2D eigenvalue weighted by Crippen LogP contribution is 2.36. The van der Waals surface area contributed by atoms with Crippen molar-refractivity contribution in [2.75, 3.05) is 39.3 Å². The van der Waals surface area contributed by atoms with Gasteiger partial charge in [0.1, 0.15) is 12.7 Å². The van der Waals surface area contributed by atoms with Gasteiger partial charge in [-0.05, 0) is 30.3 Å². The fourth-order valence-electron chi connectivity index (χ4n) is 3.28. The van der Waals surface area contributed by atoms with Crippen LogP contribution in [0.3, 0.4) is 0 Å². The molecule has 2 aromatic carbocycles. The molecule has 0 unspecified atom stereocenters. The Balaban J connectivity index is 1.56. The summed E-state index contributed by atoms with van der Waals surface area (Å²) in [5, 5.41) is 9.57. The van der Waals surface area contributed by atoms with Gasteiger partial charge in [-0.3, -0.25) is 4.90 Å². The normalized spacial score (nSPS) is 17.3. The van der Waals surface area contributed by atoms with Crippen molar-refractivity contribution in [3.05, 3.63) is 58.9 Å². The Bertz CT molecular complexity index is 1040. The number of piperazine rings is 1. The number of sulfonamides is 1. The number of ether oxygens (including phenoxy) is 1. The van der Waals surface area contributed by atoms with Crippen molar-refractivity contribution < 1.29 is 35.8 Å². The van der Waals surface area contributed by atoms with E-state index < -0.39 is 43.6 Å². The third kappa shape index (κ3) is 5.90. The van der Waals surface area contributed by atoms with Gasteiger partial charge >= 0.3 is 6.18 Å². The van der Waals surface area contributed by atoms with Crippen LogP contribution >= 0.6 is 11.6 Å². The van der Waals surface area contributed by atoms with Crippen LogP contribution in [0.4, 0.5) is 17.6 Å². The van der Waals surface area contributed by atoms with Crippen molar-refractivity contribution in [1.82, 2.24) is 9.21 Å². The molecular weight excluding hydrogens is 476 g/mol. The highest BCUT2D eigenvalue weighted by molar-refractivity contribution is 7.89. The zero-order valence-electron chi connectivity index (χ0n) is 16.7. The van der Waals surface area contributed by atoms with E-state index in [0.717, 1.165) is 16.4 Å². The third-order valence-corrected chi connectivity index (χ3v) is 7.17. The van der Waals surface area contributed by atoms with E-state index >= 15 is 0 Å². The summed E-state index contributed by atoms with van der Waals surface area (Å²) in [6, 6.07) is 8.28. The van der Waals surface area contributed by atoms with Gasteiger partial charge in [0.25, 0.3) is 0 Å². The van der Waals surface area contributed by atoms with E-state index in [2.05, 4.69) is 0 Å². The zero-order chi connectivity index (χ0) is 23.5. The first-order valence-corrected chi connectivity index (χ1v) is 11.4. The van der Waals surface area contributed by atoms with Crippen LogP contribution in [-0.2, 0) is 16.2 Å². The molecule has 0 spiro atoms. The Morgan fingerprint density at radius 3 is 2.38 bits per heavy atom. The van der Waals surface area contributed by atoms with Gasteiger partial charge < -0.3 is 9.84 Å². The molecule has 2 aromatic rings. The molecule has 0 amide bonds. The molecule has 176 valence electrons. The van der Waals surface area contributed by atoms with Crippen molar-refractivity contribution >= 4 is 21.6 Å². The van der Waals surface area contributed by atoms with Crippen LogP contribution in [0.5, 0.6) is 5.75 Å². The van der Waals surface area contributed by atoms with Crippen LogP contribution in [0.2, 0.25) is 5.02 Å². The molecule has 0 radical (unpaired) electrons. The lowest BCUT2D eigenvalue weighted by Crippen LogP contribution is -2.50. The summed E-state index contributed by atoms with van der Waals surface area (Å²) in [6.07, 6.45) is -5.72. The molecule has 0 aliphatic carbocycles. The van der Waals surface area contributed by atoms with E-state index in [-0.39, 0.29) is 45.1 Å². The van der Waals surface area contributed by atoms with Crippen molar-refractivity contribution in [2.45, 2.75) is 17.2 Å². The summed E-state index contributed by atoms with van der Waals surface area (Å²) >= 11 is 5.57. The smallest absolute Gasteiger partial charge is 0.417 e. The maximum absolute atomic E-state index is 13.6. The van der Waals surface area contributed by atoms with Gasteiger partial charge in [-0.25, -0.2) is 12.8 Å². The minimum atomic E-state index is -4.78. The minimum absolute atomic E-state index is 0.0173. The molecule has 1 saturated heterocycles. The third-order valence-electron chi connectivity index (χ3n) is 4.95. The molecule has 32 heavy (non-hydrogen) atoms. The lowest BCUT2D eigenvalue weighted by molar-refractivity contribution is -0.137. The Kier molecular flexibility index (Phi) is 7.66. The number of nitrogens with zero attached hydrogens (tertiary/aromatic N) is 2. The monoisotopic (exact) mass is 496 g/mol. The van der Waals surface area contributed by atoms with Crippen LogP contribution in [0, 0.1) is 5.82 Å². The maximum Gasteiger partial charge on any atom is 0.417 e. The van der Waals surface area contributed by atoms with Crippen molar-refractivity contribution in [3.8, 4) is 5.75 Å². The lowest BCUT2D eigenvalue weighted by Gasteiger charge is -2.35. The summed E-state index contributed by atoms with van der Waals surface area (Å²) in [5.74, 6) is -0.530. The summed E-state index contributed by atoms with van der Waals surface area (Å²) in [5.41, 5.74) is -1.21. The van der Waals surface area contributed by atoms with Crippen LogP contribution in [0.25, 0.3) is 0 Å². The first kappa shape index (κ1) is 24.7. The first-order valence-electron chi connectivity index (χ1n) is 9.63. The highest BCUT2D eigenvalue weighted by Gasteiger charge is 2.36. The fourth-order valence-corrected chi connectivity index (χ4v) is 4.96. The Morgan fingerprint density at radius 2 is 1.75 bits per heavy atom. The van der Waals surface area contributed by atoms with E-state index in [1.807, 2.05) is 0 Å². The predicted molar refractivity (Wildman–Crippen MR) is 110 cm³/mol. The standard InChI is InChI=1S/C20H21ClF4N2O4S/c21-17-6-5-15(11-16(17)20(23,24)25)32(29,30)27-9-7-26(8-10-27)12-14(28)13-31-19-4-2-1-3-18(19)22/h1-6,11,14,28H,7-10,12-13H2/t14-/m1/s1. The van der Waals surface area contributed by atoms with Crippen LogP contribution in [0.1, 0.15) is 5.56 Å². The Morgan fingerprint density at radius 1 is 1.09 bits per heavy atom. The molecule has 1 atom stereocenters. The molecule has 12 heteroatoms. The van der Waals surface area contributed by atoms with Gasteiger partial charge in [-0.15, -0.1) is 0 Å². The molecular formula is C20H21ClF4N2O4S. The second-order valence-corrected chi connectivity index (χ2v) is 9.58. The SMILES string of the molecule is O=S(=O)(c1ccc(Cl)c(C(F)(F)F)c1)N1CCN(C[C@@H](O)COc2ccccc2F)CC1. The Labute approximate surface area is 188 Å². The van der Waals surface area contributed by atoms with Crippen molar-refractivity contribution in [1.29, 1.82) is 0 Å². The number of alkyl halides is 3. The predicted octanol–water partition coefficient (Wildman–Crippen LogP) is 3.24. The van der Waals surface area contributed by atoms with Gasteiger partial charge in [0.15, 0.2) is 11.6 Å². The largest absolute Gasteiger partial charge is 0.488 e. The van der Waals surface area contributed by atoms with E-state index in [4.69, 9.17) is 16.3 Å². The molecule has 6 nitrogen and oxygen atoms in total. The van der Waals surface area contributed by atoms with E-state index in [0.29, 0.717) is 6.07 Å². The number of hydrogen-bond acceptors (Lipinski definition) is 5. The topological polar surface area (TPSA) is 70.1 Å². The fraction of sp³-hybridized carbons (Fsp3) is 0.400. The van der Waals surface area contributed by atoms with Crippen molar-refractivity contribution in [3.63, 3.8) is 0 Å². The average molecular weight is 497 g/mol. The molecule has 1 aliphatic rings. The van der Waals surface area contributed by atoms with Crippen molar-refractivity contribution in [2.24, 2.45) is 0 Å². The molecule has 0 saturated carbocycles. The molecule has 3 rings (SSSR count). The Hall–Kier alpha value is -1.92. The number of hydrogen-bond donors (Lipinski definition) is 1. The van der Waals surface area contributed by atoms with Gasteiger partial charge in [0, 0.05) is 32.7 Å². The number of halogens is 5. The quantitative estimate of drug-likeness (QED) is 0.596. The summed E-state index contributed by atoms with van der Waals surface area (Å²) in [4.78, 5) is 1.31. The maximum atomic E-state index is 13.6. The van der Waals surface area contributed by atoms with Crippen LogP contribution in [0.15, 0.2) is 47.4 Å². The number of rotatable bonds is 7. The van der Waals surface area contributed by atoms with E-state index in [1.165, 1.54) is 18.2 Å². The molecule has 1 aliphatic heterocycles. The van der Waals surface area contributed by atoms with Gasteiger partial charge in [-0.1, -0.05) is 23.7 Å². The van der Waals surface area contributed by atoms with Gasteiger partial charge in [0.2, 0.25) is 10.0 Å². The molecule has 1 N–H and O–H groups in total. The molecule has 1 fully saturated rings. The summed E-state index contributed by atoms with van der Waals surface area (Å²) in [6.45, 7) is 0.609. The number of benzene rings is 2. The number of β-amino-alcohol motifs (C(OH)–C–C–N with tert-alkyl or cyclic N) is 1. The minimum Gasteiger partial charge on any atom is -0.488 e. The number of para-hydroxylation sites is 1. The summed E-state index contributed by atoms with van der Waals surface area (Å²) < 4.78 is 84.7. The molecule has 0 aromatic heterocycles. The van der Waals surface area contributed by atoms with Crippen LogP contribution in [-0.4, -0.2) is 68.2 Å². The second-order valence-electron chi connectivity index (χ2n) is 7.24.